The number of halogens is 1. The summed E-state index contributed by atoms with van der Waals surface area (Å²) in [4.78, 5) is 13.7. The number of benzene rings is 1. The molecule has 20 heavy (non-hydrogen) atoms. The lowest BCUT2D eigenvalue weighted by atomic mass is 9.97. The maximum Gasteiger partial charge on any atom is 0.410 e. The Kier molecular flexibility index (Phi) is 5.35. The minimum atomic E-state index is -0.285. The Labute approximate surface area is 118 Å². The normalized spacial score (nSPS) is 16.2. The van der Waals surface area contributed by atoms with E-state index in [0.29, 0.717) is 5.92 Å². The lowest BCUT2D eigenvalue weighted by Crippen LogP contribution is -2.40. The average Bonchev–Trinajstić information content (AvgIpc) is 2.47. The first-order valence-electron chi connectivity index (χ1n) is 7.00. The van der Waals surface area contributed by atoms with Crippen LogP contribution in [0.3, 0.4) is 0 Å². The second kappa shape index (κ2) is 7.24. The molecule has 1 aromatic carbocycles. The number of piperidine rings is 1. The van der Waals surface area contributed by atoms with Gasteiger partial charge in [0.25, 0.3) is 0 Å². The number of rotatable bonds is 4. The molecule has 1 fully saturated rings. The quantitative estimate of drug-likeness (QED) is 0.920. The van der Waals surface area contributed by atoms with Gasteiger partial charge in [-0.3, -0.25) is 0 Å². The van der Waals surface area contributed by atoms with Gasteiger partial charge in [0.05, 0.1) is 0 Å². The molecule has 5 heteroatoms. The number of nitrogens with zero attached hydrogens (tertiary/aromatic N) is 1. The van der Waals surface area contributed by atoms with Gasteiger partial charge in [0.15, 0.2) is 0 Å². The summed E-state index contributed by atoms with van der Waals surface area (Å²) in [5.41, 5.74) is 0.796. The maximum atomic E-state index is 12.8. The molecule has 0 spiro atoms. The molecule has 0 aliphatic carbocycles. The fourth-order valence-electron chi connectivity index (χ4n) is 2.43. The number of carbonyl (C=O) groups is 1. The largest absolute Gasteiger partial charge is 0.445 e. The van der Waals surface area contributed by atoms with Crippen LogP contribution in [-0.4, -0.2) is 37.7 Å². The molecule has 4 nitrogen and oxygen atoms in total. The summed E-state index contributed by atoms with van der Waals surface area (Å²) in [6, 6.07) is 5.99. The van der Waals surface area contributed by atoms with Crippen molar-refractivity contribution in [2.45, 2.75) is 19.4 Å². The highest BCUT2D eigenvalue weighted by Crippen LogP contribution is 2.17. The summed E-state index contributed by atoms with van der Waals surface area (Å²) >= 11 is 0. The van der Waals surface area contributed by atoms with Crippen LogP contribution < -0.4 is 5.32 Å². The van der Waals surface area contributed by atoms with Gasteiger partial charge >= 0.3 is 6.09 Å². The molecule has 1 heterocycles. The van der Waals surface area contributed by atoms with E-state index < -0.39 is 0 Å². The zero-order chi connectivity index (χ0) is 14.4. The van der Waals surface area contributed by atoms with E-state index in [2.05, 4.69) is 5.32 Å². The monoisotopic (exact) mass is 280 g/mol. The highest BCUT2D eigenvalue weighted by molar-refractivity contribution is 5.67. The van der Waals surface area contributed by atoms with Gasteiger partial charge in [-0.15, -0.1) is 0 Å². The zero-order valence-electron chi connectivity index (χ0n) is 11.8. The molecule has 0 aromatic heterocycles. The summed E-state index contributed by atoms with van der Waals surface area (Å²) in [6.07, 6.45) is 1.73. The lowest BCUT2D eigenvalue weighted by molar-refractivity contribution is 0.0824. The summed E-state index contributed by atoms with van der Waals surface area (Å²) in [7, 11) is 1.95. The Bertz CT molecular complexity index is 428. The highest BCUT2D eigenvalue weighted by Gasteiger charge is 2.23. The van der Waals surface area contributed by atoms with Crippen molar-refractivity contribution in [3.05, 3.63) is 35.6 Å². The summed E-state index contributed by atoms with van der Waals surface area (Å²) in [5, 5.41) is 3.17. The van der Waals surface area contributed by atoms with E-state index in [1.807, 2.05) is 7.05 Å². The maximum absolute atomic E-state index is 12.8. The minimum absolute atomic E-state index is 0.190. The minimum Gasteiger partial charge on any atom is -0.445 e. The SMILES string of the molecule is CNCC1CCN(C(=O)OCc2ccc(F)cc2)CC1. The first-order valence-corrected chi connectivity index (χ1v) is 7.00. The molecule has 0 saturated carbocycles. The van der Waals surface area contributed by atoms with Crippen LogP contribution in [0.4, 0.5) is 9.18 Å². The molecular formula is C15H21FN2O2. The third-order valence-corrected chi connectivity index (χ3v) is 3.64. The van der Waals surface area contributed by atoms with Crippen LogP contribution in [0.25, 0.3) is 0 Å². The predicted octanol–water partition coefficient (Wildman–Crippen LogP) is 2.39. The van der Waals surface area contributed by atoms with Crippen molar-refractivity contribution in [1.82, 2.24) is 10.2 Å². The van der Waals surface area contributed by atoms with E-state index in [1.165, 1.54) is 12.1 Å². The Balaban J connectivity index is 1.74. The molecule has 1 amide bonds. The molecule has 110 valence electrons. The zero-order valence-corrected chi connectivity index (χ0v) is 11.8. The predicted molar refractivity (Wildman–Crippen MR) is 74.8 cm³/mol. The molecule has 1 aromatic rings. The molecule has 0 radical (unpaired) electrons. The number of carbonyl (C=O) groups excluding carboxylic acids is 1. The number of hydrogen-bond acceptors (Lipinski definition) is 3. The third kappa shape index (κ3) is 4.20. The van der Waals surface area contributed by atoms with Gasteiger partial charge in [0, 0.05) is 13.1 Å². The van der Waals surface area contributed by atoms with Gasteiger partial charge in [-0.2, -0.15) is 0 Å². The van der Waals surface area contributed by atoms with Crippen LogP contribution in [-0.2, 0) is 11.3 Å². The standard InChI is InChI=1S/C15H21FN2O2/c1-17-10-12-6-8-18(9-7-12)15(19)20-11-13-2-4-14(16)5-3-13/h2-5,12,17H,6-11H2,1H3. The van der Waals surface area contributed by atoms with Gasteiger partial charge in [-0.05, 0) is 50.0 Å². The Hall–Kier alpha value is -1.62. The van der Waals surface area contributed by atoms with Crippen molar-refractivity contribution in [2.75, 3.05) is 26.7 Å². The topological polar surface area (TPSA) is 41.6 Å². The first-order chi connectivity index (χ1) is 9.69. The molecule has 1 N–H and O–H groups in total. The molecule has 0 bridgehead atoms. The van der Waals surface area contributed by atoms with Crippen LogP contribution in [0.5, 0.6) is 0 Å². The van der Waals surface area contributed by atoms with Gasteiger partial charge in [0.1, 0.15) is 12.4 Å². The number of likely N-dealkylation sites (tertiary alicyclic amines) is 1. The molecule has 1 aliphatic rings. The number of hydrogen-bond donors (Lipinski definition) is 1. The van der Waals surface area contributed by atoms with E-state index in [1.54, 1.807) is 17.0 Å². The smallest absolute Gasteiger partial charge is 0.410 e. The van der Waals surface area contributed by atoms with E-state index in [9.17, 15) is 9.18 Å². The van der Waals surface area contributed by atoms with Crippen LogP contribution in [0.1, 0.15) is 18.4 Å². The number of ether oxygens (including phenoxy) is 1. The Morgan fingerprint density at radius 1 is 1.35 bits per heavy atom. The van der Waals surface area contributed by atoms with Crippen LogP contribution in [0.2, 0.25) is 0 Å². The fraction of sp³-hybridized carbons (Fsp3) is 0.533. The van der Waals surface area contributed by atoms with Gasteiger partial charge in [0.2, 0.25) is 0 Å². The van der Waals surface area contributed by atoms with Crippen molar-refractivity contribution in [1.29, 1.82) is 0 Å². The average molecular weight is 280 g/mol. The second-order valence-corrected chi connectivity index (χ2v) is 5.17. The van der Waals surface area contributed by atoms with Crippen LogP contribution >= 0.6 is 0 Å². The van der Waals surface area contributed by atoms with E-state index in [4.69, 9.17) is 4.74 Å². The van der Waals surface area contributed by atoms with Crippen molar-refractivity contribution in [3.8, 4) is 0 Å². The first kappa shape index (κ1) is 14.8. The van der Waals surface area contributed by atoms with Crippen LogP contribution in [0.15, 0.2) is 24.3 Å². The third-order valence-electron chi connectivity index (χ3n) is 3.64. The molecule has 0 unspecified atom stereocenters. The Morgan fingerprint density at radius 2 is 2.00 bits per heavy atom. The van der Waals surface area contributed by atoms with E-state index in [-0.39, 0.29) is 18.5 Å². The lowest BCUT2D eigenvalue weighted by Gasteiger charge is -2.31. The van der Waals surface area contributed by atoms with Gasteiger partial charge in [-0.1, -0.05) is 12.1 Å². The summed E-state index contributed by atoms with van der Waals surface area (Å²) in [5.74, 6) is 0.354. The molecule has 1 saturated heterocycles. The number of amides is 1. The summed E-state index contributed by atoms with van der Waals surface area (Å²) < 4.78 is 18.0. The number of nitrogens with one attached hydrogen (secondary N) is 1. The highest BCUT2D eigenvalue weighted by atomic mass is 19.1. The van der Waals surface area contributed by atoms with Crippen molar-refractivity contribution < 1.29 is 13.9 Å². The van der Waals surface area contributed by atoms with Crippen molar-refractivity contribution in [3.63, 3.8) is 0 Å². The summed E-state index contributed by atoms with van der Waals surface area (Å²) in [6.45, 7) is 2.68. The Morgan fingerprint density at radius 3 is 2.60 bits per heavy atom. The van der Waals surface area contributed by atoms with E-state index >= 15 is 0 Å². The van der Waals surface area contributed by atoms with Gasteiger partial charge in [-0.25, -0.2) is 9.18 Å². The molecular weight excluding hydrogens is 259 g/mol. The van der Waals surface area contributed by atoms with Crippen molar-refractivity contribution in [2.24, 2.45) is 5.92 Å². The molecule has 1 aliphatic heterocycles. The second-order valence-electron chi connectivity index (χ2n) is 5.17. The fourth-order valence-corrected chi connectivity index (χ4v) is 2.43. The molecule has 2 rings (SSSR count). The van der Waals surface area contributed by atoms with Crippen molar-refractivity contribution >= 4 is 6.09 Å². The van der Waals surface area contributed by atoms with Crippen LogP contribution in [0, 0.1) is 11.7 Å². The van der Waals surface area contributed by atoms with E-state index in [0.717, 1.165) is 38.0 Å². The van der Waals surface area contributed by atoms with Gasteiger partial charge < -0.3 is 15.0 Å². The molecule has 0 atom stereocenters.